The number of H-pyrrole nitrogens is 2. The Morgan fingerprint density at radius 1 is 1.12 bits per heavy atom. The van der Waals surface area contributed by atoms with Gasteiger partial charge in [-0.15, -0.1) is 0 Å². The van der Waals surface area contributed by atoms with Crippen molar-refractivity contribution in [1.82, 2.24) is 20.6 Å². The molecule has 1 aliphatic rings. The molecule has 1 unspecified atom stereocenters. The number of alkyl halides is 3. The summed E-state index contributed by atoms with van der Waals surface area (Å²) >= 11 is 0. The predicted octanol–water partition coefficient (Wildman–Crippen LogP) is 2.52. The van der Waals surface area contributed by atoms with E-state index in [4.69, 9.17) is 9.47 Å². The minimum atomic E-state index is -4.70. The van der Waals surface area contributed by atoms with Gasteiger partial charge in [-0.1, -0.05) is 18.2 Å². The summed E-state index contributed by atoms with van der Waals surface area (Å²) in [6.07, 6.45) is -4.56. The summed E-state index contributed by atoms with van der Waals surface area (Å²) < 4.78 is 51.5. The number of aromatic nitrogens is 2. The monoisotopic (exact) mass is 576 g/mol. The summed E-state index contributed by atoms with van der Waals surface area (Å²) in [5.74, 6) is -1.68. The van der Waals surface area contributed by atoms with Crippen molar-refractivity contribution < 1.29 is 37.3 Å². The van der Waals surface area contributed by atoms with Crippen molar-refractivity contribution in [3.8, 4) is 11.5 Å². The van der Waals surface area contributed by atoms with E-state index < -0.39 is 52.2 Å². The van der Waals surface area contributed by atoms with Gasteiger partial charge in [-0.05, 0) is 42.3 Å². The van der Waals surface area contributed by atoms with Crippen LogP contribution in [-0.4, -0.2) is 45.6 Å². The van der Waals surface area contributed by atoms with Gasteiger partial charge in [-0.25, -0.2) is 4.79 Å². The van der Waals surface area contributed by atoms with Crippen molar-refractivity contribution in [3.05, 3.63) is 91.8 Å². The van der Waals surface area contributed by atoms with Crippen molar-refractivity contribution in [2.24, 2.45) is 0 Å². The van der Waals surface area contributed by atoms with Gasteiger partial charge in [-0.3, -0.25) is 19.4 Å². The summed E-state index contributed by atoms with van der Waals surface area (Å²) in [6.45, 7) is 1.74. The molecule has 0 spiro atoms. The summed E-state index contributed by atoms with van der Waals surface area (Å²) in [5.41, 5.74) is -3.77. The Bertz CT molecular complexity index is 1530. The third kappa shape index (κ3) is 7.02. The maximum absolute atomic E-state index is 13.6. The first kappa shape index (κ1) is 29.6. The number of hydrogen-bond donors (Lipinski definition) is 5. The number of carbonyl (C=O) groups is 2. The van der Waals surface area contributed by atoms with Crippen molar-refractivity contribution in [3.63, 3.8) is 0 Å². The molecular weight excluding hydrogens is 549 g/mol. The second kappa shape index (κ2) is 12.0. The molecule has 0 bridgehead atoms. The highest BCUT2D eigenvalue weighted by Crippen LogP contribution is 2.39. The maximum Gasteiger partial charge on any atom is 0.419 e. The van der Waals surface area contributed by atoms with Crippen molar-refractivity contribution in [2.45, 2.75) is 44.1 Å². The Balaban J connectivity index is 1.44. The van der Waals surface area contributed by atoms with Gasteiger partial charge in [-0.2, -0.15) is 13.2 Å². The normalized spacial score (nSPS) is 15.5. The molecule has 3 aromatic rings. The van der Waals surface area contributed by atoms with Gasteiger partial charge in [0.2, 0.25) is 5.91 Å². The number of aliphatic hydroxyl groups is 1. The summed E-state index contributed by atoms with van der Waals surface area (Å²) in [7, 11) is 0. The summed E-state index contributed by atoms with van der Waals surface area (Å²) in [4.78, 5) is 53.5. The third-order valence-corrected chi connectivity index (χ3v) is 6.59. The molecule has 2 aromatic carbocycles. The van der Waals surface area contributed by atoms with Crippen molar-refractivity contribution in [2.75, 3.05) is 13.2 Å². The SMILES string of the molecule is CC(O)c1ccc(Oc2ccc(CNC(=O)C3(NC(=O)c4c[nH]c(=O)[nH]c4=O)CCOCC3)cc2)c(C(F)(F)F)c1. The maximum atomic E-state index is 13.6. The van der Waals surface area contributed by atoms with Crippen LogP contribution >= 0.6 is 0 Å². The van der Waals surface area contributed by atoms with Gasteiger partial charge >= 0.3 is 11.9 Å². The van der Waals surface area contributed by atoms with Crippen molar-refractivity contribution in [1.29, 1.82) is 0 Å². The minimum Gasteiger partial charge on any atom is -0.457 e. The van der Waals surface area contributed by atoms with Gasteiger partial charge in [0, 0.05) is 38.8 Å². The zero-order valence-corrected chi connectivity index (χ0v) is 21.8. The molecule has 1 saturated heterocycles. The Hall–Kier alpha value is -4.43. The Morgan fingerprint density at radius 3 is 2.41 bits per heavy atom. The molecule has 1 fully saturated rings. The van der Waals surface area contributed by atoms with Gasteiger partial charge in [0.05, 0.1) is 11.7 Å². The number of rotatable bonds is 8. The van der Waals surface area contributed by atoms with Gasteiger partial charge in [0.1, 0.15) is 22.6 Å². The Kier molecular flexibility index (Phi) is 8.63. The van der Waals surface area contributed by atoms with E-state index in [2.05, 4.69) is 15.6 Å². The summed E-state index contributed by atoms with van der Waals surface area (Å²) in [5, 5.41) is 15.0. The molecular formula is C27H27F3N4O7. The van der Waals surface area contributed by atoms with Crippen LogP contribution in [0.15, 0.2) is 58.3 Å². The molecule has 1 aliphatic heterocycles. The first-order chi connectivity index (χ1) is 19.4. The molecule has 2 amide bonds. The van der Waals surface area contributed by atoms with Crippen LogP contribution in [0.5, 0.6) is 11.5 Å². The van der Waals surface area contributed by atoms with E-state index in [1.54, 1.807) is 12.1 Å². The van der Waals surface area contributed by atoms with E-state index in [1.165, 1.54) is 25.1 Å². The number of hydrogen-bond acceptors (Lipinski definition) is 7. The predicted molar refractivity (Wildman–Crippen MR) is 138 cm³/mol. The number of aromatic amines is 2. The van der Waals surface area contributed by atoms with Gasteiger partial charge < -0.3 is 30.2 Å². The molecule has 218 valence electrons. The van der Waals surface area contributed by atoms with E-state index in [9.17, 15) is 37.5 Å². The Morgan fingerprint density at radius 2 is 1.80 bits per heavy atom. The fourth-order valence-electron chi connectivity index (χ4n) is 4.26. The van der Waals surface area contributed by atoms with Crippen LogP contribution in [0.4, 0.5) is 13.2 Å². The zero-order chi connectivity index (χ0) is 29.8. The van der Waals surface area contributed by atoms with Crippen LogP contribution in [0.3, 0.4) is 0 Å². The fourth-order valence-corrected chi connectivity index (χ4v) is 4.26. The third-order valence-electron chi connectivity index (χ3n) is 6.59. The highest BCUT2D eigenvalue weighted by Gasteiger charge is 2.42. The van der Waals surface area contributed by atoms with E-state index in [1.807, 2.05) is 4.98 Å². The molecule has 41 heavy (non-hydrogen) atoms. The van der Waals surface area contributed by atoms with Gasteiger partial charge in [0.25, 0.3) is 11.5 Å². The number of aliphatic hydroxyl groups excluding tert-OH is 1. The van der Waals surface area contributed by atoms with Crippen LogP contribution < -0.4 is 26.6 Å². The lowest BCUT2D eigenvalue weighted by Gasteiger charge is -2.36. The van der Waals surface area contributed by atoms with Gasteiger partial charge in [0.15, 0.2) is 0 Å². The second-order valence-electron chi connectivity index (χ2n) is 9.49. The fraction of sp³-hybridized carbons (Fsp3) is 0.333. The average Bonchev–Trinajstić information content (AvgIpc) is 2.92. The number of nitrogens with one attached hydrogen (secondary N) is 4. The van der Waals surface area contributed by atoms with Crippen LogP contribution in [0, 0.1) is 0 Å². The highest BCUT2D eigenvalue weighted by molar-refractivity contribution is 5.98. The smallest absolute Gasteiger partial charge is 0.419 e. The van der Waals surface area contributed by atoms with Crippen molar-refractivity contribution >= 4 is 11.8 Å². The number of carbonyl (C=O) groups excluding carboxylic acids is 2. The Labute approximate surface area is 230 Å². The van der Waals surface area contributed by atoms with E-state index in [-0.39, 0.29) is 49.5 Å². The van der Waals surface area contributed by atoms with Crippen LogP contribution in [0.1, 0.15) is 52.9 Å². The van der Waals surface area contributed by atoms with E-state index in [0.29, 0.717) is 5.56 Å². The molecule has 14 heteroatoms. The molecule has 0 radical (unpaired) electrons. The molecule has 2 heterocycles. The molecule has 4 rings (SSSR count). The highest BCUT2D eigenvalue weighted by atomic mass is 19.4. The molecule has 0 aliphatic carbocycles. The molecule has 1 atom stereocenters. The van der Waals surface area contributed by atoms with Crippen LogP contribution in [0.25, 0.3) is 0 Å². The average molecular weight is 577 g/mol. The molecule has 0 saturated carbocycles. The minimum absolute atomic E-state index is 0.0215. The second-order valence-corrected chi connectivity index (χ2v) is 9.49. The first-order valence-electron chi connectivity index (χ1n) is 12.5. The standard InChI is InChI=1S/C27H27F3N4O7/c1-15(35)17-4-7-21(20(12-17)27(28,29)30)41-18-5-2-16(3-6-18)13-31-24(38)26(8-10-40-11-9-26)34-23(37)19-14-32-25(39)33-22(19)36/h2-7,12,14-15,35H,8-11,13H2,1H3,(H,31,38)(H,34,37)(H2,32,33,36,39). The van der Waals surface area contributed by atoms with E-state index in [0.717, 1.165) is 18.3 Å². The lowest BCUT2D eigenvalue weighted by Crippen LogP contribution is -2.61. The number of ether oxygens (including phenoxy) is 2. The summed E-state index contributed by atoms with van der Waals surface area (Å²) in [6, 6.07) is 9.32. The number of amides is 2. The largest absolute Gasteiger partial charge is 0.457 e. The first-order valence-corrected chi connectivity index (χ1v) is 12.5. The number of benzene rings is 2. The van der Waals surface area contributed by atoms with Crippen LogP contribution in [0.2, 0.25) is 0 Å². The zero-order valence-electron chi connectivity index (χ0n) is 21.8. The lowest BCUT2D eigenvalue weighted by molar-refractivity contribution is -0.138. The molecule has 1 aromatic heterocycles. The molecule has 11 nitrogen and oxygen atoms in total. The van der Waals surface area contributed by atoms with E-state index >= 15 is 0 Å². The lowest BCUT2D eigenvalue weighted by atomic mass is 9.88. The number of halogens is 3. The quantitative estimate of drug-likeness (QED) is 0.275. The van der Waals surface area contributed by atoms with Crippen LogP contribution in [-0.2, 0) is 22.3 Å². The topological polar surface area (TPSA) is 163 Å². The molecule has 5 N–H and O–H groups in total.